The van der Waals surface area contributed by atoms with Crippen molar-refractivity contribution >= 4 is 22.5 Å². The van der Waals surface area contributed by atoms with Crippen LogP contribution in [0.3, 0.4) is 0 Å². The van der Waals surface area contributed by atoms with Crippen molar-refractivity contribution in [3.05, 3.63) is 77.2 Å². The molecule has 5 rings (SSSR count). The Morgan fingerprint density at radius 2 is 1.93 bits per heavy atom. The Morgan fingerprint density at radius 1 is 1.07 bits per heavy atom. The number of hydrogen-bond acceptors (Lipinski definition) is 6. The average Bonchev–Trinajstić information content (AvgIpc) is 3.22. The number of rotatable bonds is 5. The van der Waals surface area contributed by atoms with Crippen molar-refractivity contribution in [1.82, 2.24) is 9.97 Å². The minimum absolute atomic E-state index is 0.409. The summed E-state index contributed by atoms with van der Waals surface area (Å²) in [5.41, 5.74) is 8.98. The van der Waals surface area contributed by atoms with Crippen molar-refractivity contribution in [2.75, 3.05) is 11.9 Å². The monoisotopic (exact) mass is 400 g/mol. The minimum atomic E-state index is -0.502. The molecule has 0 bridgehead atoms. The number of carbonyl (C=O) groups excluding carboxylic acids is 1. The fraction of sp³-hybridized carbons (Fsp3) is 0.174. The van der Waals surface area contributed by atoms with E-state index in [9.17, 15) is 4.79 Å². The van der Waals surface area contributed by atoms with Crippen LogP contribution in [0.4, 0.5) is 5.82 Å². The number of amides is 1. The second kappa shape index (κ2) is 7.61. The first kappa shape index (κ1) is 18.3. The zero-order valence-electron chi connectivity index (χ0n) is 16.2. The summed E-state index contributed by atoms with van der Waals surface area (Å²) >= 11 is 0. The van der Waals surface area contributed by atoms with Gasteiger partial charge in [0.25, 0.3) is 0 Å². The first-order valence-corrected chi connectivity index (χ1v) is 9.76. The third kappa shape index (κ3) is 3.29. The molecule has 4 aromatic rings. The Morgan fingerprint density at radius 3 is 2.77 bits per heavy atom. The largest absolute Gasteiger partial charge is 0.460 e. The van der Waals surface area contributed by atoms with E-state index >= 15 is 0 Å². The number of aromatic nitrogens is 2. The second-order valence-corrected chi connectivity index (χ2v) is 7.16. The fourth-order valence-corrected chi connectivity index (χ4v) is 3.74. The van der Waals surface area contributed by atoms with Crippen LogP contribution in [0, 0.1) is 0 Å². The smallest absolute Gasteiger partial charge is 0.249 e. The van der Waals surface area contributed by atoms with Crippen molar-refractivity contribution in [3.8, 4) is 11.6 Å². The van der Waals surface area contributed by atoms with Crippen molar-refractivity contribution in [1.29, 1.82) is 0 Å². The summed E-state index contributed by atoms with van der Waals surface area (Å²) in [4.78, 5) is 21.2. The zero-order chi connectivity index (χ0) is 20.5. The quantitative estimate of drug-likeness (QED) is 0.530. The molecule has 0 saturated carbocycles. The van der Waals surface area contributed by atoms with E-state index in [0.717, 1.165) is 34.4 Å². The molecular weight excluding hydrogens is 380 g/mol. The molecule has 30 heavy (non-hydrogen) atoms. The van der Waals surface area contributed by atoms with Gasteiger partial charge in [0, 0.05) is 29.3 Å². The van der Waals surface area contributed by atoms with Crippen LogP contribution < -0.4 is 11.1 Å². The highest BCUT2D eigenvalue weighted by Gasteiger charge is 2.22. The number of anilines is 1. The van der Waals surface area contributed by atoms with Crippen LogP contribution in [0.2, 0.25) is 0 Å². The Kier molecular flexibility index (Phi) is 4.65. The standard InChI is InChI=1S/C23H20N4O3/c24-21(28)16-8-4-7-15-18(16)12-30-20(15)23-26-19-13-29-10-9-17(19)22(27-23)25-11-14-5-2-1-3-6-14/h1-8,12H,9-11,13H2,(H2,24,28)(H,25,26,27). The van der Waals surface area contributed by atoms with Gasteiger partial charge in [-0.05, 0) is 11.6 Å². The third-order valence-electron chi connectivity index (χ3n) is 5.24. The summed E-state index contributed by atoms with van der Waals surface area (Å²) in [5, 5.41) is 4.84. The maximum Gasteiger partial charge on any atom is 0.249 e. The summed E-state index contributed by atoms with van der Waals surface area (Å²) in [6, 6.07) is 15.5. The van der Waals surface area contributed by atoms with E-state index in [-0.39, 0.29) is 0 Å². The molecule has 1 aliphatic heterocycles. The highest BCUT2D eigenvalue weighted by Crippen LogP contribution is 2.33. The fourth-order valence-electron chi connectivity index (χ4n) is 3.74. The Labute approximate surface area is 172 Å². The lowest BCUT2D eigenvalue weighted by atomic mass is 10.1. The summed E-state index contributed by atoms with van der Waals surface area (Å²) < 4.78 is 11.4. The summed E-state index contributed by atoms with van der Waals surface area (Å²) in [6.45, 7) is 1.72. The third-order valence-corrected chi connectivity index (χ3v) is 5.24. The molecule has 7 nitrogen and oxygen atoms in total. The topological polar surface area (TPSA) is 103 Å². The Bertz CT molecular complexity index is 1230. The van der Waals surface area contributed by atoms with Gasteiger partial charge in [-0.15, -0.1) is 0 Å². The number of hydrogen-bond donors (Lipinski definition) is 2. The second-order valence-electron chi connectivity index (χ2n) is 7.16. The maximum atomic E-state index is 11.7. The molecule has 0 atom stereocenters. The first-order valence-electron chi connectivity index (χ1n) is 9.76. The molecule has 7 heteroatoms. The number of furan rings is 1. The van der Waals surface area contributed by atoms with E-state index in [2.05, 4.69) is 17.4 Å². The molecule has 0 spiro atoms. The Hall–Kier alpha value is -3.71. The van der Waals surface area contributed by atoms with Gasteiger partial charge in [-0.25, -0.2) is 9.97 Å². The molecule has 0 unspecified atom stereocenters. The van der Waals surface area contributed by atoms with Crippen LogP contribution in [0.1, 0.15) is 27.2 Å². The predicted octanol–water partition coefficient (Wildman–Crippen LogP) is 3.67. The molecule has 0 radical (unpaired) electrons. The molecule has 3 heterocycles. The molecule has 3 N–H and O–H groups in total. The molecule has 2 aromatic heterocycles. The number of nitrogens with two attached hydrogens (primary N) is 1. The van der Waals surface area contributed by atoms with Crippen LogP contribution in [-0.2, 0) is 24.3 Å². The van der Waals surface area contributed by atoms with Gasteiger partial charge in [0.1, 0.15) is 12.1 Å². The predicted molar refractivity (Wildman–Crippen MR) is 113 cm³/mol. The molecular formula is C23H20N4O3. The van der Waals surface area contributed by atoms with Crippen molar-refractivity contribution in [2.45, 2.75) is 19.6 Å². The van der Waals surface area contributed by atoms with E-state index in [0.29, 0.717) is 42.3 Å². The van der Waals surface area contributed by atoms with Crippen LogP contribution >= 0.6 is 0 Å². The molecule has 1 aliphatic rings. The van der Waals surface area contributed by atoms with Crippen molar-refractivity contribution in [3.63, 3.8) is 0 Å². The molecule has 0 aliphatic carbocycles. The highest BCUT2D eigenvalue weighted by molar-refractivity contribution is 6.08. The van der Waals surface area contributed by atoms with E-state index in [1.54, 1.807) is 12.1 Å². The van der Waals surface area contributed by atoms with Gasteiger partial charge in [0.05, 0.1) is 24.5 Å². The van der Waals surface area contributed by atoms with Gasteiger partial charge in [-0.3, -0.25) is 4.79 Å². The number of primary amides is 1. The molecule has 150 valence electrons. The molecule has 2 aromatic carbocycles. The van der Waals surface area contributed by atoms with Crippen LogP contribution in [0.15, 0.2) is 59.2 Å². The van der Waals surface area contributed by atoms with Crippen LogP contribution in [0.5, 0.6) is 0 Å². The molecule has 0 saturated heterocycles. The number of nitrogens with one attached hydrogen (secondary N) is 1. The van der Waals surface area contributed by atoms with Crippen LogP contribution in [0.25, 0.3) is 22.4 Å². The number of benzene rings is 2. The summed E-state index contributed by atoms with van der Waals surface area (Å²) in [6.07, 6.45) is 2.28. The van der Waals surface area contributed by atoms with Gasteiger partial charge in [-0.1, -0.05) is 42.5 Å². The van der Waals surface area contributed by atoms with Gasteiger partial charge in [-0.2, -0.15) is 0 Å². The van der Waals surface area contributed by atoms with Gasteiger partial charge in [0.2, 0.25) is 5.91 Å². The lowest BCUT2D eigenvalue weighted by molar-refractivity contribution is 0.100. The van der Waals surface area contributed by atoms with E-state index < -0.39 is 5.91 Å². The lowest BCUT2D eigenvalue weighted by Gasteiger charge is -2.20. The van der Waals surface area contributed by atoms with Crippen molar-refractivity contribution in [2.24, 2.45) is 5.73 Å². The molecule has 0 fully saturated rings. The minimum Gasteiger partial charge on any atom is -0.460 e. The maximum absolute atomic E-state index is 11.7. The average molecular weight is 400 g/mol. The van der Waals surface area contributed by atoms with E-state index in [4.69, 9.17) is 24.9 Å². The van der Waals surface area contributed by atoms with E-state index in [1.165, 1.54) is 6.26 Å². The zero-order valence-corrected chi connectivity index (χ0v) is 16.2. The van der Waals surface area contributed by atoms with Crippen molar-refractivity contribution < 1.29 is 13.9 Å². The lowest BCUT2D eigenvalue weighted by Crippen LogP contribution is -2.17. The number of fused-ring (bicyclic) bond motifs is 2. The highest BCUT2D eigenvalue weighted by atomic mass is 16.5. The summed E-state index contributed by atoms with van der Waals surface area (Å²) in [7, 11) is 0. The number of nitrogens with zero attached hydrogens (tertiary/aromatic N) is 2. The normalized spacial score (nSPS) is 13.2. The van der Waals surface area contributed by atoms with Gasteiger partial charge < -0.3 is 20.2 Å². The number of carbonyl (C=O) groups is 1. The number of ether oxygens (including phenoxy) is 1. The SMILES string of the molecule is NC(=O)c1cccc2c(-c3nc4c(c(NCc5ccccc5)n3)CCOC4)occ12. The van der Waals surface area contributed by atoms with Gasteiger partial charge in [0.15, 0.2) is 11.6 Å². The van der Waals surface area contributed by atoms with Crippen LogP contribution in [-0.4, -0.2) is 22.5 Å². The summed E-state index contributed by atoms with van der Waals surface area (Å²) in [5.74, 6) is 1.23. The van der Waals surface area contributed by atoms with Gasteiger partial charge >= 0.3 is 0 Å². The first-order chi connectivity index (χ1) is 14.7. The molecule has 1 amide bonds. The van der Waals surface area contributed by atoms with E-state index in [1.807, 2.05) is 24.3 Å². The Balaban J connectivity index is 1.58.